The average molecular weight is 362 g/mol. The molecule has 2 aromatic rings. The van der Waals surface area contributed by atoms with E-state index in [4.69, 9.17) is 4.74 Å². The van der Waals surface area contributed by atoms with E-state index in [-0.39, 0.29) is 11.8 Å². The van der Waals surface area contributed by atoms with Gasteiger partial charge >= 0.3 is 0 Å². The quantitative estimate of drug-likeness (QED) is 0.658. The molecule has 3 aliphatic rings. The van der Waals surface area contributed by atoms with E-state index in [0.717, 1.165) is 12.1 Å². The maximum absolute atomic E-state index is 13.0. The molecule has 2 saturated heterocycles. The molecule has 138 valence electrons. The molecular formula is C22H22N2O3. The van der Waals surface area contributed by atoms with Gasteiger partial charge in [0, 0.05) is 25.3 Å². The number of hydrogen-bond acceptors (Lipinski definition) is 3. The van der Waals surface area contributed by atoms with Crippen LogP contribution in [0, 0.1) is 5.92 Å². The van der Waals surface area contributed by atoms with Gasteiger partial charge in [0.15, 0.2) is 0 Å². The van der Waals surface area contributed by atoms with Crippen molar-refractivity contribution in [3.63, 3.8) is 0 Å². The number of fused-ring (bicyclic) bond motifs is 3. The lowest BCUT2D eigenvalue weighted by Crippen LogP contribution is -2.45. The molecule has 5 nitrogen and oxygen atoms in total. The second kappa shape index (κ2) is 6.50. The maximum atomic E-state index is 13.0. The number of amides is 2. The van der Waals surface area contributed by atoms with E-state index in [1.807, 2.05) is 6.07 Å². The van der Waals surface area contributed by atoms with E-state index in [1.165, 1.54) is 22.3 Å². The number of rotatable bonds is 2. The largest absolute Gasteiger partial charge is 0.378 e. The molecular weight excluding hydrogens is 340 g/mol. The van der Waals surface area contributed by atoms with Gasteiger partial charge in [0.2, 0.25) is 11.8 Å². The number of nitrogens with zero attached hydrogens (tertiary/aromatic N) is 2. The van der Waals surface area contributed by atoms with Gasteiger partial charge in [-0.1, -0.05) is 30.3 Å². The predicted molar refractivity (Wildman–Crippen MR) is 103 cm³/mol. The highest BCUT2D eigenvalue weighted by Gasteiger charge is 2.40. The summed E-state index contributed by atoms with van der Waals surface area (Å²) in [4.78, 5) is 29.3. The Morgan fingerprint density at radius 2 is 1.74 bits per heavy atom. The highest BCUT2D eigenvalue weighted by molar-refractivity contribution is 6.09. The summed E-state index contributed by atoms with van der Waals surface area (Å²) in [6.45, 7) is 2.88. The van der Waals surface area contributed by atoms with Crippen molar-refractivity contribution < 1.29 is 14.3 Å². The zero-order valence-electron chi connectivity index (χ0n) is 15.2. The number of carbonyl (C=O) groups is 2. The van der Waals surface area contributed by atoms with E-state index in [2.05, 4.69) is 36.4 Å². The van der Waals surface area contributed by atoms with E-state index in [1.54, 1.807) is 9.80 Å². The van der Waals surface area contributed by atoms with Crippen LogP contribution in [-0.2, 0) is 20.7 Å². The molecule has 0 N–H and O–H groups in total. The first kappa shape index (κ1) is 16.5. The van der Waals surface area contributed by atoms with Crippen molar-refractivity contribution in [1.29, 1.82) is 0 Å². The molecule has 0 radical (unpaired) electrons. The summed E-state index contributed by atoms with van der Waals surface area (Å²) in [5.74, 6) is -0.658. The monoisotopic (exact) mass is 362 g/mol. The fourth-order valence-electron chi connectivity index (χ4n) is 4.47. The van der Waals surface area contributed by atoms with Crippen molar-refractivity contribution in [3.05, 3.63) is 53.6 Å². The van der Waals surface area contributed by atoms with Gasteiger partial charge in [-0.2, -0.15) is 0 Å². The smallest absolute Gasteiger partial charge is 0.239 e. The van der Waals surface area contributed by atoms with Crippen molar-refractivity contribution in [3.8, 4) is 11.1 Å². The molecule has 0 spiro atoms. The lowest BCUT2D eigenvalue weighted by molar-refractivity contribution is -0.143. The highest BCUT2D eigenvalue weighted by Crippen LogP contribution is 2.39. The number of benzene rings is 2. The summed E-state index contributed by atoms with van der Waals surface area (Å²) in [6.07, 6.45) is 1.49. The third-order valence-corrected chi connectivity index (χ3v) is 5.92. The molecule has 5 heteroatoms. The minimum absolute atomic E-state index is 0.0423. The Kier molecular flexibility index (Phi) is 3.97. The lowest BCUT2D eigenvalue weighted by Gasteiger charge is -2.28. The minimum Gasteiger partial charge on any atom is -0.378 e. The summed E-state index contributed by atoms with van der Waals surface area (Å²) < 4.78 is 5.31. The van der Waals surface area contributed by atoms with Crippen molar-refractivity contribution >= 4 is 17.5 Å². The molecule has 0 aromatic heterocycles. The third-order valence-electron chi connectivity index (χ3n) is 5.92. The zero-order chi connectivity index (χ0) is 18.4. The topological polar surface area (TPSA) is 49.9 Å². The first-order valence-corrected chi connectivity index (χ1v) is 9.61. The Balaban J connectivity index is 1.36. The third kappa shape index (κ3) is 2.73. The Labute approximate surface area is 158 Å². The van der Waals surface area contributed by atoms with E-state index in [9.17, 15) is 9.59 Å². The van der Waals surface area contributed by atoms with Crippen LogP contribution in [0.4, 0.5) is 5.69 Å². The molecule has 1 unspecified atom stereocenters. The highest BCUT2D eigenvalue weighted by atomic mass is 16.5. The van der Waals surface area contributed by atoms with Crippen molar-refractivity contribution in [2.45, 2.75) is 12.8 Å². The van der Waals surface area contributed by atoms with Gasteiger partial charge in [-0.3, -0.25) is 9.59 Å². The molecule has 2 aliphatic heterocycles. The van der Waals surface area contributed by atoms with Gasteiger partial charge in [-0.05, 0) is 47.2 Å². The zero-order valence-corrected chi connectivity index (χ0v) is 15.2. The van der Waals surface area contributed by atoms with Crippen molar-refractivity contribution in [2.75, 3.05) is 37.7 Å². The van der Waals surface area contributed by atoms with Crippen LogP contribution in [0.15, 0.2) is 42.5 Å². The first-order chi connectivity index (χ1) is 13.2. The molecule has 2 amide bonds. The standard InChI is InChI=1S/C22H22N2O3/c25-21(23-9-11-27-12-10-23)20-7-8-24(22(20)26)17-5-6-19-16(14-17)13-15-3-1-2-4-18(15)19/h1-6,14,20H,7-13H2. The molecule has 5 rings (SSSR count). The van der Waals surface area contributed by atoms with Gasteiger partial charge < -0.3 is 14.5 Å². The van der Waals surface area contributed by atoms with Crippen LogP contribution in [0.3, 0.4) is 0 Å². The second-order valence-corrected chi connectivity index (χ2v) is 7.44. The van der Waals surface area contributed by atoms with Gasteiger partial charge in [0.05, 0.1) is 13.2 Å². The van der Waals surface area contributed by atoms with Crippen LogP contribution in [-0.4, -0.2) is 49.6 Å². The fraction of sp³-hybridized carbons (Fsp3) is 0.364. The summed E-state index contributed by atoms with van der Waals surface area (Å²) in [7, 11) is 0. The maximum Gasteiger partial charge on any atom is 0.239 e. The van der Waals surface area contributed by atoms with Crippen LogP contribution in [0.2, 0.25) is 0 Å². The molecule has 27 heavy (non-hydrogen) atoms. The normalized spacial score (nSPS) is 21.3. The number of anilines is 1. The molecule has 0 bridgehead atoms. The number of morpholine rings is 1. The van der Waals surface area contributed by atoms with Crippen LogP contribution >= 0.6 is 0 Å². The van der Waals surface area contributed by atoms with Gasteiger partial charge in [-0.15, -0.1) is 0 Å². The SMILES string of the molecule is O=C(C1CCN(c2ccc3c(c2)Cc2ccccc2-3)C1=O)N1CCOCC1. The Bertz CT molecular complexity index is 918. The Morgan fingerprint density at radius 3 is 2.59 bits per heavy atom. The summed E-state index contributed by atoms with van der Waals surface area (Å²) in [5.41, 5.74) is 6.03. The van der Waals surface area contributed by atoms with Crippen LogP contribution in [0.1, 0.15) is 17.5 Å². The van der Waals surface area contributed by atoms with Gasteiger partial charge in [-0.25, -0.2) is 0 Å². The van der Waals surface area contributed by atoms with Crippen molar-refractivity contribution in [2.24, 2.45) is 5.92 Å². The molecule has 1 aliphatic carbocycles. The van der Waals surface area contributed by atoms with Crippen molar-refractivity contribution in [1.82, 2.24) is 4.90 Å². The minimum atomic E-state index is -0.548. The molecule has 2 fully saturated rings. The second-order valence-electron chi connectivity index (χ2n) is 7.44. The van der Waals surface area contributed by atoms with Gasteiger partial charge in [0.25, 0.3) is 0 Å². The molecule has 2 aromatic carbocycles. The predicted octanol–water partition coefficient (Wildman–Crippen LogP) is 2.47. The van der Waals surface area contributed by atoms with Crippen LogP contribution in [0.25, 0.3) is 11.1 Å². The van der Waals surface area contributed by atoms with Crippen LogP contribution < -0.4 is 4.90 Å². The number of carbonyl (C=O) groups excluding carboxylic acids is 2. The lowest BCUT2D eigenvalue weighted by atomic mass is 10.0. The molecule has 0 saturated carbocycles. The van der Waals surface area contributed by atoms with E-state index in [0.29, 0.717) is 39.3 Å². The summed E-state index contributed by atoms with van der Waals surface area (Å²) in [5, 5.41) is 0. The summed E-state index contributed by atoms with van der Waals surface area (Å²) >= 11 is 0. The number of ether oxygens (including phenoxy) is 1. The number of hydrogen-bond donors (Lipinski definition) is 0. The Hall–Kier alpha value is -2.66. The van der Waals surface area contributed by atoms with E-state index < -0.39 is 5.92 Å². The fourth-order valence-corrected chi connectivity index (χ4v) is 4.47. The molecule has 2 heterocycles. The Morgan fingerprint density at radius 1 is 0.963 bits per heavy atom. The molecule has 1 atom stereocenters. The first-order valence-electron chi connectivity index (χ1n) is 9.61. The van der Waals surface area contributed by atoms with Crippen LogP contribution in [0.5, 0.6) is 0 Å². The summed E-state index contributed by atoms with van der Waals surface area (Å²) in [6, 6.07) is 14.7. The van der Waals surface area contributed by atoms with E-state index >= 15 is 0 Å². The van der Waals surface area contributed by atoms with Gasteiger partial charge in [0.1, 0.15) is 5.92 Å². The average Bonchev–Trinajstić information content (AvgIpc) is 3.28.